The largest absolute Gasteiger partial charge is 1.00 e. The van der Waals surface area contributed by atoms with Crippen LogP contribution in [0.2, 0.25) is 0 Å². The fourth-order valence-corrected chi connectivity index (χ4v) is 2.15. The molecule has 1 heterocycles. The minimum atomic E-state index is 0. The Bertz CT molecular complexity index is 469. The van der Waals surface area contributed by atoms with E-state index in [2.05, 4.69) is 67.8 Å². The molecule has 1 nitrogen and oxygen atoms in total. The maximum absolute atomic E-state index is 2.35. The molecular weight excluding hydrogens is 274 g/mol. The van der Waals surface area contributed by atoms with Crippen molar-refractivity contribution in [2.75, 3.05) is 0 Å². The molecule has 0 N–H and O–H groups in total. The smallest absolute Gasteiger partial charge is 0.179 e. The molecule has 2 rings (SSSR count). The lowest BCUT2D eigenvalue weighted by atomic mass is 10.1. The van der Waals surface area contributed by atoms with Crippen LogP contribution < -0.4 is 21.5 Å². The third-order valence-electron chi connectivity index (χ3n) is 2.91. The van der Waals surface area contributed by atoms with Crippen LogP contribution in [-0.4, -0.2) is 0 Å². The van der Waals surface area contributed by atoms with Gasteiger partial charge in [-0.15, -0.1) is 0 Å². The number of pyridine rings is 1. The molecule has 0 atom stereocenters. The number of rotatable bonds is 2. The summed E-state index contributed by atoms with van der Waals surface area (Å²) in [7, 11) is 0. The van der Waals surface area contributed by atoms with E-state index in [4.69, 9.17) is 0 Å². The van der Waals surface area contributed by atoms with Crippen molar-refractivity contribution in [3.63, 3.8) is 0 Å². The van der Waals surface area contributed by atoms with Gasteiger partial charge in [-0.3, -0.25) is 0 Å². The third-order valence-corrected chi connectivity index (χ3v) is 2.91. The van der Waals surface area contributed by atoms with Gasteiger partial charge in [0.1, 0.15) is 0 Å². The van der Waals surface area contributed by atoms with Crippen LogP contribution >= 0.6 is 0 Å². The highest BCUT2D eigenvalue weighted by atomic mass is 79.9. The molecule has 0 saturated heterocycles. The van der Waals surface area contributed by atoms with Crippen molar-refractivity contribution in [2.45, 2.75) is 27.3 Å². The molecule has 2 heteroatoms. The highest BCUT2D eigenvalue weighted by Crippen LogP contribution is 2.04. The van der Waals surface area contributed by atoms with E-state index in [9.17, 15) is 0 Å². The Labute approximate surface area is 114 Å². The number of nitrogens with zero attached hydrogens (tertiary/aromatic N) is 1. The van der Waals surface area contributed by atoms with Gasteiger partial charge in [-0.05, 0) is 12.5 Å². The lowest BCUT2D eigenvalue weighted by Crippen LogP contribution is -3.00. The summed E-state index contributed by atoms with van der Waals surface area (Å²) in [5.41, 5.74) is 5.32. The molecule has 0 fully saturated rings. The van der Waals surface area contributed by atoms with Gasteiger partial charge >= 0.3 is 0 Å². The van der Waals surface area contributed by atoms with E-state index in [-0.39, 0.29) is 17.0 Å². The number of halogens is 1. The molecule has 0 aliphatic heterocycles. The SMILES string of the molecule is Cc1cc(C)[n+](Cc2ccccc2)c(C)c1.[Br-]. The van der Waals surface area contributed by atoms with Gasteiger partial charge in [-0.25, -0.2) is 0 Å². The maximum atomic E-state index is 2.35. The minimum Gasteiger partial charge on any atom is -1.00 e. The fraction of sp³-hybridized carbons (Fsp3) is 0.267. The molecule has 2 aromatic rings. The zero-order chi connectivity index (χ0) is 11.5. The zero-order valence-corrected chi connectivity index (χ0v) is 12.2. The fourth-order valence-electron chi connectivity index (χ4n) is 2.15. The van der Waals surface area contributed by atoms with Gasteiger partial charge in [0, 0.05) is 31.5 Å². The highest BCUT2D eigenvalue weighted by molar-refractivity contribution is 5.16. The Morgan fingerprint density at radius 2 is 1.41 bits per heavy atom. The van der Waals surface area contributed by atoms with Crippen LogP contribution in [0, 0.1) is 20.8 Å². The molecule has 0 aliphatic rings. The first-order valence-electron chi connectivity index (χ1n) is 5.68. The van der Waals surface area contributed by atoms with E-state index in [1.165, 1.54) is 22.5 Å². The lowest BCUT2D eigenvalue weighted by molar-refractivity contribution is -0.700. The predicted molar refractivity (Wildman–Crippen MR) is 66.4 cm³/mol. The van der Waals surface area contributed by atoms with Crippen LogP contribution in [0.4, 0.5) is 0 Å². The predicted octanol–water partition coefficient (Wildman–Crippen LogP) is -0.0483. The van der Waals surface area contributed by atoms with Gasteiger partial charge in [-0.2, -0.15) is 4.57 Å². The number of hydrogen-bond donors (Lipinski definition) is 0. The average molecular weight is 292 g/mol. The molecular formula is C15H18BrN. The maximum Gasteiger partial charge on any atom is 0.179 e. The first kappa shape index (κ1) is 13.9. The van der Waals surface area contributed by atoms with Crippen LogP contribution in [0.1, 0.15) is 22.5 Å². The van der Waals surface area contributed by atoms with E-state index in [1.54, 1.807) is 0 Å². The summed E-state index contributed by atoms with van der Waals surface area (Å²) >= 11 is 0. The number of aromatic nitrogens is 1. The third kappa shape index (κ3) is 3.40. The van der Waals surface area contributed by atoms with E-state index >= 15 is 0 Å². The Hall–Kier alpha value is -1.15. The summed E-state index contributed by atoms with van der Waals surface area (Å²) in [4.78, 5) is 0. The molecule has 90 valence electrons. The van der Waals surface area contributed by atoms with Gasteiger partial charge in [0.05, 0.1) is 0 Å². The second kappa shape index (κ2) is 5.97. The number of benzene rings is 1. The van der Waals surface area contributed by atoms with Crippen molar-refractivity contribution in [2.24, 2.45) is 0 Å². The van der Waals surface area contributed by atoms with E-state index in [0.717, 1.165) is 6.54 Å². The van der Waals surface area contributed by atoms with Crippen LogP contribution in [-0.2, 0) is 6.54 Å². The topological polar surface area (TPSA) is 3.88 Å². The van der Waals surface area contributed by atoms with E-state index < -0.39 is 0 Å². The molecule has 1 aromatic carbocycles. The molecule has 1 aromatic heterocycles. The molecule has 0 unspecified atom stereocenters. The monoisotopic (exact) mass is 291 g/mol. The second-order valence-corrected chi connectivity index (χ2v) is 4.39. The van der Waals surface area contributed by atoms with Crippen molar-refractivity contribution < 1.29 is 21.5 Å². The Morgan fingerprint density at radius 1 is 0.882 bits per heavy atom. The second-order valence-electron chi connectivity index (χ2n) is 4.39. The minimum absolute atomic E-state index is 0. The lowest BCUT2D eigenvalue weighted by Gasteiger charge is -2.05. The molecule has 17 heavy (non-hydrogen) atoms. The van der Waals surface area contributed by atoms with Gasteiger partial charge in [0.25, 0.3) is 0 Å². The molecule has 0 radical (unpaired) electrons. The number of aryl methyl sites for hydroxylation is 3. The van der Waals surface area contributed by atoms with E-state index in [1.807, 2.05) is 0 Å². The van der Waals surface area contributed by atoms with Crippen molar-refractivity contribution in [3.05, 3.63) is 65.0 Å². The summed E-state index contributed by atoms with van der Waals surface area (Å²) in [5.74, 6) is 0. The normalized spacial score (nSPS) is 9.82. The Morgan fingerprint density at radius 3 is 1.94 bits per heavy atom. The van der Waals surface area contributed by atoms with Crippen molar-refractivity contribution in [1.29, 1.82) is 0 Å². The summed E-state index contributed by atoms with van der Waals surface area (Å²) in [6.45, 7) is 7.44. The van der Waals surface area contributed by atoms with Crippen molar-refractivity contribution in [3.8, 4) is 0 Å². The van der Waals surface area contributed by atoms with Gasteiger partial charge < -0.3 is 17.0 Å². The highest BCUT2D eigenvalue weighted by Gasteiger charge is 2.11. The van der Waals surface area contributed by atoms with Gasteiger partial charge in [-0.1, -0.05) is 30.3 Å². The molecule has 0 bridgehead atoms. The summed E-state index contributed by atoms with van der Waals surface area (Å²) in [6.07, 6.45) is 0. The standard InChI is InChI=1S/C15H18N.BrH/c1-12-9-13(2)16(14(3)10-12)11-15-7-5-4-6-8-15;/h4-10H,11H2,1-3H3;1H/q+1;/p-1. The van der Waals surface area contributed by atoms with Crippen LogP contribution in [0.15, 0.2) is 42.5 Å². The zero-order valence-electron chi connectivity index (χ0n) is 10.6. The van der Waals surface area contributed by atoms with Gasteiger partial charge in [0.15, 0.2) is 17.9 Å². The van der Waals surface area contributed by atoms with Crippen LogP contribution in [0.5, 0.6) is 0 Å². The van der Waals surface area contributed by atoms with Crippen LogP contribution in [0.25, 0.3) is 0 Å². The number of hydrogen-bond acceptors (Lipinski definition) is 0. The summed E-state index contributed by atoms with van der Waals surface area (Å²) in [5, 5.41) is 0. The molecule has 0 spiro atoms. The summed E-state index contributed by atoms with van der Waals surface area (Å²) < 4.78 is 2.35. The molecule has 0 aliphatic carbocycles. The molecule has 0 amide bonds. The first-order chi connectivity index (χ1) is 7.66. The quantitative estimate of drug-likeness (QED) is 0.684. The van der Waals surface area contributed by atoms with Crippen LogP contribution in [0.3, 0.4) is 0 Å². The molecule has 0 saturated carbocycles. The van der Waals surface area contributed by atoms with Gasteiger partial charge in [0.2, 0.25) is 0 Å². The first-order valence-corrected chi connectivity index (χ1v) is 5.68. The average Bonchev–Trinajstić information content (AvgIpc) is 2.25. The Kier molecular flexibility index (Phi) is 4.88. The Balaban J connectivity index is 0.00000144. The van der Waals surface area contributed by atoms with Crippen molar-refractivity contribution in [1.82, 2.24) is 0 Å². The van der Waals surface area contributed by atoms with E-state index in [0.29, 0.717) is 0 Å². The summed E-state index contributed by atoms with van der Waals surface area (Å²) in [6, 6.07) is 15.1. The van der Waals surface area contributed by atoms with Crippen molar-refractivity contribution >= 4 is 0 Å².